The first-order valence-corrected chi connectivity index (χ1v) is 6.05. The summed E-state index contributed by atoms with van der Waals surface area (Å²) in [5.74, 6) is -1.06. The molecular weight excluding hydrogens is 242 g/mol. The van der Waals surface area contributed by atoms with Gasteiger partial charge in [0, 0.05) is 17.5 Å². The third-order valence-electron chi connectivity index (χ3n) is 3.03. The topological polar surface area (TPSA) is 59.3 Å². The number of hydrogen-bond acceptors (Lipinski definition) is 2. The summed E-state index contributed by atoms with van der Waals surface area (Å²) in [6.07, 6.45) is 2.23. The Morgan fingerprint density at radius 3 is 2.37 bits per heavy atom. The minimum atomic E-state index is -1.01. The molecule has 2 aromatic rings. The molecule has 1 heterocycles. The van der Waals surface area contributed by atoms with Crippen LogP contribution in [0.3, 0.4) is 0 Å². The highest BCUT2D eigenvalue weighted by molar-refractivity contribution is 5.98. The Kier molecular flexibility index (Phi) is 3.51. The SMILES string of the molecule is CC(C)c1c(C(=O)O)c(-c2ccccc2)cn1C=O. The summed E-state index contributed by atoms with van der Waals surface area (Å²) >= 11 is 0. The molecule has 2 rings (SSSR count). The molecule has 0 aliphatic carbocycles. The summed E-state index contributed by atoms with van der Waals surface area (Å²) in [5.41, 5.74) is 2.10. The normalized spacial score (nSPS) is 10.7. The minimum Gasteiger partial charge on any atom is -0.478 e. The monoisotopic (exact) mass is 257 g/mol. The Balaban J connectivity index is 2.75. The summed E-state index contributed by atoms with van der Waals surface area (Å²) in [6.45, 7) is 3.74. The maximum absolute atomic E-state index is 11.5. The summed E-state index contributed by atoms with van der Waals surface area (Å²) in [6, 6.07) is 9.22. The molecule has 0 aliphatic heterocycles. The molecule has 19 heavy (non-hydrogen) atoms. The van der Waals surface area contributed by atoms with E-state index in [9.17, 15) is 14.7 Å². The number of carbonyl (C=O) groups is 2. The average Bonchev–Trinajstić information content (AvgIpc) is 2.79. The molecule has 0 fully saturated rings. The fourth-order valence-corrected chi connectivity index (χ4v) is 2.28. The van der Waals surface area contributed by atoms with E-state index in [0.717, 1.165) is 5.56 Å². The highest BCUT2D eigenvalue weighted by Gasteiger charge is 2.23. The molecule has 0 atom stereocenters. The van der Waals surface area contributed by atoms with Crippen LogP contribution < -0.4 is 0 Å². The van der Waals surface area contributed by atoms with Gasteiger partial charge in [0.1, 0.15) is 0 Å². The van der Waals surface area contributed by atoms with Crippen LogP contribution in [0.1, 0.15) is 35.8 Å². The molecular formula is C15H15NO3. The molecule has 1 aromatic heterocycles. The van der Waals surface area contributed by atoms with Crippen LogP contribution in [0, 0.1) is 0 Å². The Labute approximate surface area is 111 Å². The molecule has 0 unspecified atom stereocenters. The van der Waals surface area contributed by atoms with Crippen molar-refractivity contribution in [3.63, 3.8) is 0 Å². The molecule has 0 aliphatic rings. The van der Waals surface area contributed by atoms with Crippen LogP contribution in [0.5, 0.6) is 0 Å². The molecule has 0 spiro atoms. The third-order valence-corrected chi connectivity index (χ3v) is 3.03. The molecule has 1 aromatic carbocycles. The first-order valence-electron chi connectivity index (χ1n) is 6.05. The molecule has 4 heteroatoms. The van der Waals surface area contributed by atoms with Gasteiger partial charge in [-0.15, -0.1) is 0 Å². The van der Waals surface area contributed by atoms with Gasteiger partial charge < -0.3 is 5.11 Å². The fourth-order valence-electron chi connectivity index (χ4n) is 2.28. The van der Waals surface area contributed by atoms with E-state index < -0.39 is 5.97 Å². The number of carboxylic acid groups (broad SMARTS) is 1. The van der Waals surface area contributed by atoms with Crippen LogP contribution in [0.25, 0.3) is 11.1 Å². The van der Waals surface area contributed by atoms with Crippen molar-refractivity contribution in [3.8, 4) is 11.1 Å². The van der Waals surface area contributed by atoms with Crippen molar-refractivity contribution in [3.05, 3.63) is 47.8 Å². The van der Waals surface area contributed by atoms with Crippen molar-refractivity contribution >= 4 is 12.4 Å². The Morgan fingerprint density at radius 2 is 1.89 bits per heavy atom. The van der Waals surface area contributed by atoms with Crippen LogP contribution in [0.4, 0.5) is 0 Å². The first-order chi connectivity index (χ1) is 9.06. The van der Waals surface area contributed by atoms with Crippen LogP contribution in [-0.2, 0) is 4.79 Å². The van der Waals surface area contributed by atoms with Crippen LogP contribution in [0.15, 0.2) is 36.5 Å². The van der Waals surface area contributed by atoms with Gasteiger partial charge in [0.2, 0.25) is 6.41 Å². The number of aromatic nitrogens is 1. The lowest BCUT2D eigenvalue weighted by Crippen LogP contribution is -2.08. The first kappa shape index (κ1) is 13.1. The van der Waals surface area contributed by atoms with Gasteiger partial charge in [0.05, 0.1) is 5.56 Å². The van der Waals surface area contributed by atoms with Crippen LogP contribution in [0.2, 0.25) is 0 Å². The Hall–Kier alpha value is -2.36. The number of carbonyl (C=O) groups excluding carboxylic acids is 1. The van der Waals surface area contributed by atoms with Crippen molar-refractivity contribution in [1.29, 1.82) is 0 Å². The smallest absolute Gasteiger partial charge is 0.338 e. The van der Waals surface area contributed by atoms with E-state index in [4.69, 9.17) is 0 Å². The molecule has 0 radical (unpaired) electrons. The molecule has 0 bridgehead atoms. The minimum absolute atomic E-state index is 0.0474. The van der Waals surface area contributed by atoms with Gasteiger partial charge in [-0.2, -0.15) is 0 Å². The lowest BCUT2D eigenvalue weighted by atomic mass is 9.99. The number of rotatable bonds is 4. The molecule has 1 N–H and O–H groups in total. The summed E-state index contributed by atoms with van der Waals surface area (Å²) in [7, 11) is 0. The molecule has 0 saturated heterocycles. The van der Waals surface area contributed by atoms with E-state index in [1.54, 1.807) is 6.20 Å². The van der Waals surface area contributed by atoms with Crippen molar-refractivity contribution in [1.82, 2.24) is 4.57 Å². The zero-order valence-corrected chi connectivity index (χ0v) is 10.8. The second-order valence-corrected chi connectivity index (χ2v) is 4.64. The maximum atomic E-state index is 11.5. The maximum Gasteiger partial charge on any atom is 0.338 e. The van der Waals surface area contributed by atoms with E-state index in [1.165, 1.54) is 4.57 Å². The van der Waals surface area contributed by atoms with Crippen molar-refractivity contribution < 1.29 is 14.7 Å². The zero-order chi connectivity index (χ0) is 14.0. The predicted octanol–water partition coefficient (Wildman–Crippen LogP) is 3.02. The number of carboxylic acids is 1. The van der Waals surface area contributed by atoms with E-state index in [2.05, 4.69) is 0 Å². The zero-order valence-electron chi connectivity index (χ0n) is 10.8. The third kappa shape index (κ3) is 2.29. The molecule has 4 nitrogen and oxygen atoms in total. The number of benzene rings is 1. The van der Waals surface area contributed by atoms with E-state index in [1.807, 2.05) is 44.2 Å². The number of hydrogen-bond donors (Lipinski definition) is 1. The summed E-state index contributed by atoms with van der Waals surface area (Å²) in [4.78, 5) is 22.6. The van der Waals surface area contributed by atoms with Gasteiger partial charge in [-0.1, -0.05) is 44.2 Å². The van der Waals surface area contributed by atoms with Gasteiger partial charge in [-0.25, -0.2) is 4.79 Å². The standard InChI is InChI=1S/C15H15NO3/c1-10(2)14-13(15(18)19)12(8-16(14)9-17)11-6-4-3-5-7-11/h3-10H,1-2H3,(H,18,19). The number of aromatic carboxylic acids is 1. The van der Waals surface area contributed by atoms with Gasteiger partial charge >= 0.3 is 5.97 Å². The van der Waals surface area contributed by atoms with Crippen molar-refractivity contribution in [2.75, 3.05) is 0 Å². The van der Waals surface area contributed by atoms with Crippen molar-refractivity contribution in [2.24, 2.45) is 0 Å². The second-order valence-electron chi connectivity index (χ2n) is 4.64. The van der Waals surface area contributed by atoms with Crippen LogP contribution in [-0.4, -0.2) is 22.1 Å². The van der Waals surface area contributed by atoms with E-state index in [-0.39, 0.29) is 11.5 Å². The Bertz CT molecular complexity index is 612. The van der Waals surface area contributed by atoms with Gasteiger partial charge in [-0.3, -0.25) is 9.36 Å². The number of nitrogens with zero attached hydrogens (tertiary/aromatic N) is 1. The quantitative estimate of drug-likeness (QED) is 0.856. The van der Waals surface area contributed by atoms with Gasteiger partial charge in [-0.05, 0) is 11.5 Å². The molecule has 98 valence electrons. The van der Waals surface area contributed by atoms with Gasteiger partial charge in [0.15, 0.2) is 0 Å². The van der Waals surface area contributed by atoms with Crippen molar-refractivity contribution in [2.45, 2.75) is 19.8 Å². The lowest BCUT2D eigenvalue weighted by molar-refractivity contribution is 0.0696. The summed E-state index contributed by atoms with van der Waals surface area (Å²) in [5, 5.41) is 9.44. The molecule has 0 amide bonds. The summed E-state index contributed by atoms with van der Waals surface area (Å²) < 4.78 is 1.36. The van der Waals surface area contributed by atoms with E-state index >= 15 is 0 Å². The van der Waals surface area contributed by atoms with E-state index in [0.29, 0.717) is 17.7 Å². The largest absolute Gasteiger partial charge is 0.478 e. The predicted molar refractivity (Wildman–Crippen MR) is 73.1 cm³/mol. The highest BCUT2D eigenvalue weighted by Crippen LogP contribution is 2.31. The average molecular weight is 257 g/mol. The lowest BCUT2D eigenvalue weighted by Gasteiger charge is -2.08. The fraction of sp³-hybridized carbons (Fsp3) is 0.200. The van der Waals surface area contributed by atoms with Crippen LogP contribution >= 0.6 is 0 Å². The Morgan fingerprint density at radius 1 is 1.26 bits per heavy atom. The van der Waals surface area contributed by atoms with Gasteiger partial charge in [0.25, 0.3) is 0 Å². The highest BCUT2D eigenvalue weighted by atomic mass is 16.4. The molecule has 0 saturated carbocycles. The second kappa shape index (κ2) is 5.10.